The Morgan fingerprint density at radius 3 is 2.67 bits per heavy atom. The van der Waals surface area contributed by atoms with Crippen LogP contribution in [-0.2, 0) is 6.54 Å². The molecule has 2 rings (SSSR count). The van der Waals surface area contributed by atoms with E-state index < -0.39 is 0 Å². The van der Waals surface area contributed by atoms with Crippen molar-refractivity contribution in [2.45, 2.75) is 31.9 Å². The zero-order valence-electron chi connectivity index (χ0n) is 11.3. The maximum Gasteiger partial charge on any atom is 0.204 e. The summed E-state index contributed by atoms with van der Waals surface area (Å²) in [4.78, 5) is 8.66. The van der Waals surface area contributed by atoms with Gasteiger partial charge in [0.1, 0.15) is 0 Å². The summed E-state index contributed by atoms with van der Waals surface area (Å²) < 4.78 is 4.36. The molecular weight excluding hydrogens is 248 g/mol. The highest BCUT2D eigenvalue weighted by molar-refractivity contribution is 7.09. The second-order valence-electron chi connectivity index (χ2n) is 5.34. The molecule has 1 aliphatic carbocycles. The van der Waals surface area contributed by atoms with Crippen molar-refractivity contribution < 1.29 is 5.11 Å². The van der Waals surface area contributed by atoms with Crippen LogP contribution < -0.4 is 4.90 Å². The van der Waals surface area contributed by atoms with Gasteiger partial charge in [-0.15, -0.1) is 0 Å². The van der Waals surface area contributed by atoms with Crippen molar-refractivity contribution in [3.8, 4) is 0 Å². The van der Waals surface area contributed by atoms with E-state index in [1.165, 1.54) is 11.5 Å². The SMILES string of the molecule is CN(Cc1nsc(N(C)C)n1)CC1CCCC1O. The number of aliphatic hydroxyl groups excluding tert-OH is 1. The summed E-state index contributed by atoms with van der Waals surface area (Å²) in [5.41, 5.74) is 0. The highest BCUT2D eigenvalue weighted by Gasteiger charge is 2.26. The van der Waals surface area contributed by atoms with Gasteiger partial charge in [0.2, 0.25) is 5.13 Å². The zero-order valence-corrected chi connectivity index (χ0v) is 12.2. The van der Waals surface area contributed by atoms with Crippen molar-refractivity contribution in [3.63, 3.8) is 0 Å². The second kappa shape index (κ2) is 5.95. The van der Waals surface area contributed by atoms with Crippen molar-refractivity contribution in [1.82, 2.24) is 14.3 Å². The maximum absolute atomic E-state index is 9.82. The molecule has 1 heterocycles. The van der Waals surface area contributed by atoms with Crippen LogP contribution in [0.4, 0.5) is 5.13 Å². The van der Waals surface area contributed by atoms with E-state index in [9.17, 15) is 5.11 Å². The largest absolute Gasteiger partial charge is 0.393 e. The molecule has 0 amide bonds. The second-order valence-corrected chi connectivity index (χ2v) is 6.07. The quantitative estimate of drug-likeness (QED) is 0.871. The van der Waals surface area contributed by atoms with E-state index in [2.05, 4.69) is 21.3 Å². The van der Waals surface area contributed by atoms with E-state index >= 15 is 0 Å². The summed E-state index contributed by atoms with van der Waals surface area (Å²) in [7, 11) is 6.02. The number of anilines is 1. The third kappa shape index (κ3) is 3.40. The maximum atomic E-state index is 9.82. The van der Waals surface area contributed by atoms with Gasteiger partial charge in [0.15, 0.2) is 5.82 Å². The number of hydrogen-bond acceptors (Lipinski definition) is 6. The van der Waals surface area contributed by atoms with Crippen LogP contribution in [0.1, 0.15) is 25.1 Å². The Balaban J connectivity index is 1.84. The van der Waals surface area contributed by atoms with E-state index in [0.717, 1.165) is 43.3 Å². The summed E-state index contributed by atoms with van der Waals surface area (Å²) in [5.74, 6) is 1.29. The number of aromatic nitrogens is 2. The molecule has 18 heavy (non-hydrogen) atoms. The third-order valence-electron chi connectivity index (χ3n) is 3.42. The lowest BCUT2D eigenvalue weighted by Gasteiger charge is -2.21. The zero-order chi connectivity index (χ0) is 13.1. The molecule has 0 saturated heterocycles. The van der Waals surface area contributed by atoms with Crippen LogP contribution in [0, 0.1) is 5.92 Å². The Kier molecular flexibility index (Phi) is 4.53. The highest BCUT2D eigenvalue weighted by atomic mass is 32.1. The number of hydrogen-bond donors (Lipinski definition) is 1. The van der Waals surface area contributed by atoms with Gasteiger partial charge < -0.3 is 10.0 Å². The van der Waals surface area contributed by atoms with Gasteiger partial charge in [-0.3, -0.25) is 4.90 Å². The Bertz CT molecular complexity index is 382. The van der Waals surface area contributed by atoms with Gasteiger partial charge >= 0.3 is 0 Å². The molecular formula is C12H22N4OS. The molecule has 2 unspecified atom stereocenters. The molecule has 0 aliphatic heterocycles. The molecule has 5 nitrogen and oxygen atoms in total. The Morgan fingerprint density at radius 2 is 2.11 bits per heavy atom. The predicted molar refractivity (Wildman–Crippen MR) is 73.9 cm³/mol. The van der Waals surface area contributed by atoms with Gasteiger partial charge in [0.05, 0.1) is 12.6 Å². The molecule has 1 aliphatic rings. The fourth-order valence-corrected chi connectivity index (χ4v) is 3.02. The van der Waals surface area contributed by atoms with Crippen LogP contribution in [-0.4, -0.2) is 53.2 Å². The number of nitrogens with zero attached hydrogens (tertiary/aromatic N) is 4. The third-order valence-corrected chi connectivity index (χ3v) is 4.34. The van der Waals surface area contributed by atoms with E-state index in [4.69, 9.17) is 0 Å². The van der Waals surface area contributed by atoms with Crippen molar-refractivity contribution in [1.29, 1.82) is 0 Å². The van der Waals surface area contributed by atoms with Crippen LogP contribution in [0.2, 0.25) is 0 Å². The Morgan fingerprint density at radius 1 is 1.33 bits per heavy atom. The molecule has 0 radical (unpaired) electrons. The lowest BCUT2D eigenvalue weighted by Crippen LogP contribution is -2.29. The standard InChI is InChI=1S/C12H22N4OS/c1-15(2)12-13-11(14-18-12)8-16(3)7-9-5-4-6-10(9)17/h9-10,17H,4-8H2,1-3H3. The minimum absolute atomic E-state index is 0.117. The Labute approximate surface area is 113 Å². The van der Waals surface area contributed by atoms with Gasteiger partial charge in [-0.05, 0) is 25.8 Å². The summed E-state index contributed by atoms with van der Waals surface area (Å²) >= 11 is 1.43. The van der Waals surface area contributed by atoms with Crippen LogP contribution >= 0.6 is 11.5 Å². The van der Waals surface area contributed by atoms with Gasteiger partial charge in [-0.25, -0.2) is 4.98 Å². The normalized spacial score (nSPS) is 23.8. The molecule has 6 heteroatoms. The summed E-state index contributed by atoms with van der Waals surface area (Å²) in [5, 5.41) is 10.8. The molecule has 0 spiro atoms. The van der Waals surface area contributed by atoms with Crippen molar-refractivity contribution in [2.24, 2.45) is 5.92 Å². The lowest BCUT2D eigenvalue weighted by molar-refractivity contribution is 0.107. The molecule has 1 aromatic rings. The predicted octanol–water partition coefficient (Wildman–Crippen LogP) is 1.20. The van der Waals surface area contributed by atoms with Crippen LogP contribution in [0.5, 0.6) is 0 Å². The summed E-state index contributed by atoms with van der Waals surface area (Å²) in [6.45, 7) is 1.69. The van der Waals surface area contributed by atoms with Crippen molar-refractivity contribution in [2.75, 3.05) is 32.6 Å². The molecule has 2 atom stereocenters. The average molecular weight is 270 g/mol. The fraction of sp³-hybridized carbons (Fsp3) is 0.833. The van der Waals surface area contributed by atoms with E-state index in [-0.39, 0.29) is 6.10 Å². The molecule has 1 fully saturated rings. The molecule has 0 bridgehead atoms. The smallest absolute Gasteiger partial charge is 0.204 e. The first-order valence-electron chi connectivity index (χ1n) is 6.43. The van der Waals surface area contributed by atoms with Crippen LogP contribution in [0.15, 0.2) is 0 Å². The molecule has 0 aromatic carbocycles. The summed E-state index contributed by atoms with van der Waals surface area (Å²) in [6, 6.07) is 0. The topological polar surface area (TPSA) is 52.5 Å². The van der Waals surface area contributed by atoms with E-state index in [1.807, 2.05) is 19.0 Å². The van der Waals surface area contributed by atoms with Crippen LogP contribution in [0.3, 0.4) is 0 Å². The first kappa shape index (κ1) is 13.7. The minimum Gasteiger partial charge on any atom is -0.393 e. The lowest BCUT2D eigenvalue weighted by atomic mass is 10.1. The monoisotopic (exact) mass is 270 g/mol. The summed E-state index contributed by atoms with van der Waals surface area (Å²) in [6.07, 6.45) is 3.13. The Hall–Kier alpha value is -0.720. The average Bonchev–Trinajstić information content (AvgIpc) is 2.89. The molecule has 1 N–H and O–H groups in total. The first-order chi connectivity index (χ1) is 8.56. The van der Waals surface area contributed by atoms with Crippen molar-refractivity contribution in [3.05, 3.63) is 5.82 Å². The number of aliphatic hydroxyl groups is 1. The first-order valence-corrected chi connectivity index (χ1v) is 7.20. The number of rotatable bonds is 5. The van der Waals surface area contributed by atoms with Gasteiger partial charge in [0.25, 0.3) is 0 Å². The minimum atomic E-state index is -0.117. The highest BCUT2D eigenvalue weighted by Crippen LogP contribution is 2.26. The molecule has 1 saturated carbocycles. The van der Waals surface area contributed by atoms with Gasteiger partial charge in [-0.1, -0.05) is 6.42 Å². The van der Waals surface area contributed by atoms with Crippen LogP contribution in [0.25, 0.3) is 0 Å². The fourth-order valence-electron chi connectivity index (χ4n) is 2.43. The van der Waals surface area contributed by atoms with Crippen molar-refractivity contribution >= 4 is 16.7 Å². The molecule has 102 valence electrons. The van der Waals surface area contributed by atoms with E-state index in [0.29, 0.717) is 5.92 Å². The van der Waals surface area contributed by atoms with Gasteiger partial charge in [0, 0.05) is 32.2 Å². The van der Waals surface area contributed by atoms with E-state index in [1.54, 1.807) is 0 Å². The van der Waals surface area contributed by atoms with Gasteiger partial charge in [-0.2, -0.15) is 4.37 Å². The molecule has 1 aromatic heterocycles.